The minimum Gasteiger partial charge on any atom is -0.480 e. The smallest absolute Gasteiger partial charge is 0.431 e. The first-order valence-electron chi connectivity index (χ1n) is 7.87. The van der Waals surface area contributed by atoms with Crippen molar-refractivity contribution in [2.75, 3.05) is 7.11 Å². The van der Waals surface area contributed by atoms with Crippen molar-refractivity contribution in [1.29, 1.82) is 0 Å². The van der Waals surface area contributed by atoms with Crippen molar-refractivity contribution in [2.45, 2.75) is 13.1 Å². The van der Waals surface area contributed by atoms with Crippen LogP contribution in [0.4, 0.5) is 17.6 Å². The maximum absolute atomic E-state index is 14.6. The summed E-state index contributed by atoms with van der Waals surface area (Å²) in [6, 6.07) is 2.18. The predicted octanol–water partition coefficient (Wildman–Crippen LogP) is 3.79. The lowest BCUT2D eigenvalue weighted by Crippen LogP contribution is -2.41. The zero-order valence-corrected chi connectivity index (χ0v) is 16.7. The highest BCUT2D eigenvalue weighted by molar-refractivity contribution is 7.15. The molecule has 154 valence electrons. The number of aromatic nitrogens is 3. The lowest BCUT2D eigenvalue weighted by molar-refractivity contribution is -0.144. The molecule has 12 heteroatoms. The Morgan fingerprint density at radius 1 is 1.21 bits per heavy atom. The maximum atomic E-state index is 14.6. The summed E-state index contributed by atoms with van der Waals surface area (Å²) in [6.45, 7) is 1.73. The number of methoxy groups -OCH3 is 1. The monoisotopic (exact) mass is 449 g/mol. The van der Waals surface area contributed by atoms with E-state index >= 15 is 0 Å². The molecule has 2 aromatic heterocycles. The molecule has 0 aliphatic carbocycles. The Morgan fingerprint density at radius 2 is 1.86 bits per heavy atom. The van der Waals surface area contributed by atoms with E-state index in [1.807, 2.05) is 0 Å². The van der Waals surface area contributed by atoms with Crippen LogP contribution in [0, 0.1) is 12.7 Å². The zero-order chi connectivity index (χ0) is 21.7. The Bertz CT molecular complexity index is 1230. The molecule has 0 amide bonds. The highest BCUT2D eigenvalue weighted by Gasteiger charge is 2.35. The lowest BCUT2D eigenvalue weighted by atomic mass is 10.2. The minimum absolute atomic E-state index is 0.0561. The van der Waals surface area contributed by atoms with E-state index < -0.39 is 34.6 Å². The largest absolute Gasteiger partial charge is 0.480 e. The average Bonchev–Trinajstić information content (AvgIpc) is 2.99. The van der Waals surface area contributed by atoms with Gasteiger partial charge in [0.25, 0.3) is 5.56 Å². The van der Waals surface area contributed by atoms with E-state index in [1.165, 1.54) is 18.4 Å². The SMILES string of the molecule is COc1nc(-c2cc(-n3c(=O)cc(C(F)(F)F)n(C)c3=O)c(F)cc2Cl)sc1C. The normalized spacial score (nSPS) is 11.7. The van der Waals surface area contributed by atoms with E-state index in [-0.39, 0.29) is 21.2 Å². The van der Waals surface area contributed by atoms with E-state index in [4.69, 9.17) is 16.3 Å². The van der Waals surface area contributed by atoms with Crippen LogP contribution in [0.2, 0.25) is 5.02 Å². The molecule has 0 radical (unpaired) electrons. The Balaban J connectivity index is 2.29. The fraction of sp³-hybridized carbons (Fsp3) is 0.235. The number of benzene rings is 1. The molecule has 29 heavy (non-hydrogen) atoms. The van der Waals surface area contributed by atoms with E-state index in [2.05, 4.69) is 4.98 Å². The second-order valence-corrected chi connectivity index (χ2v) is 7.52. The van der Waals surface area contributed by atoms with Crippen molar-refractivity contribution in [1.82, 2.24) is 14.1 Å². The summed E-state index contributed by atoms with van der Waals surface area (Å²) in [5.74, 6) is -0.743. The third-order valence-corrected chi connectivity index (χ3v) is 5.36. The van der Waals surface area contributed by atoms with Gasteiger partial charge >= 0.3 is 11.9 Å². The van der Waals surface area contributed by atoms with Gasteiger partial charge in [0.1, 0.15) is 16.5 Å². The van der Waals surface area contributed by atoms with Crippen molar-refractivity contribution in [3.63, 3.8) is 0 Å². The molecular formula is C17H12ClF4N3O3S. The van der Waals surface area contributed by atoms with Gasteiger partial charge in [0, 0.05) is 18.7 Å². The Labute approximate surface area is 169 Å². The number of ether oxygens (including phenoxy) is 1. The van der Waals surface area contributed by atoms with E-state index in [9.17, 15) is 27.2 Å². The first-order valence-corrected chi connectivity index (χ1v) is 9.06. The number of hydrogen-bond acceptors (Lipinski definition) is 5. The molecule has 3 rings (SSSR count). The van der Waals surface area contributed by atoms with Crippen LogP contribution in [0.5, 0.6) is 5.88 Å². The molecule has 0 fully saturated rings. The van der Waals surface area contributed by atoms with Crippen LogP contribution in [-0.2, 0) is 13.2 Å². The van der Waals surface area contributed by atoms with Gasteiger partial charge in [0.05, 0.1) is 22.7 Å². The van der Waals surface area contributed by atoms with Crippen LogP contribution in [-0.4, -0.2) is 21.2 Å². The summed E-state index contributed by atoms with van der Waals surface area (Å²) < 4.78 is 59.2. The van der Waals surface area contributed by atoms with Crippen LogP contribution in [0.15, 0.2) is 27.8 Å². The van der Waals surface area contributed by atoms with Crippen LogP contribution >= 0.6 is 22.9 Å². The standard InChI is InChI=1S/C17H12ClF4N3O3S/c1-7-14(28-3)23-15(29-7)8-4-11(10(19)5-9(8)18)25-13(26)6-12(17(20,21)22)24(2)16(25)27/h4-6H,1-3H3. The molecule has 2 heterocycles. The topological polar surface area (TPSA) is 66.1 Å². The lowest BCUT2D eigenvalue weighted by Gasteiger charge is -2.15. The summed E-state index contributed by atoms with van der Waals surface area (Å²) in [4.78, 5) is 29.6. The number of hydrogen-bond donors (Lipinski definition) is 0. The number of aryl methyl sites for hydroxylation is 1. The molecular weight excluding hydrogens is 438 g/mol. The zero-order valence-electron chi connectivity index (χ0n) is 15.1. The predicted molar refractivity (Wildman–Crippen MR) is 99.6 cm³/mol. The fourth-order valence-corrected chi connectivity index (χ4v) is 3.89. The highest BCUT2D eigenvalue weighted by atomic mass is 35.5. The van der Waals surface area contributed by atoms with Gasteiger partial charge in [-0.2, -0.15) is 13.2 Å². The van der Waals surface area contributed by atoms with Gasteiger partial charge in [-0.1, -0.05) is 11.6 Å². The van der Waals surface area contributed by atoms with Gasteiger partial charge in [0.15, 0.2) is 0 Å². The summed E-state index contributed by atoms with van der Waals surface area (Å²) in [6.07, 6.45) is -4.93. The number of alkyl halides is 3. The van der Waals surface area contributed by atoms with E-state index in [0.29, 0.717) is 20.3 Å². The summed E-state index contributed by atoms with van der Waals surface area (Å²) >= 11 is 7.26. The van der Waals surface area contributed by atoms with E-state index in [0.717, 1.165) is 19.2 Å². The molecule has 1 aromatic carbocycles. The summed E-state index contributed by atoms with van der Waals surface area (Å²) in [5.41, 5.74) is -4.49. The minimum atomic E-state index is -4.93. The van der Waals surface area contributed by atoms with Gasteiger partial charge < -0.3 is 4.74 Å². The van der Waals surface area contributed by atoms with Crippen molar-refractivity contribution in [2.24, 2.45) is 7.05 Å². The maximum Gasteiger partial charge on any atom is 0.431 e. The van der Waals surface area contributed by atoms with Crippen molar-refractivity contribution in [3.8, 4) is 22.1 Å². The number of halogens is 5. The Morgan fingerprint density at radius 3 is 2.41 bits per heavy atom. The van der Waals surface area contributed by atoms with Crippen LogP contribution in [0.3, 0.4) is 0 Å². The van der Waals surface area contributed by atoms with Gasteiger partial charge in [0.2, 0.25) is 5.88 Å². The molecule has 6 nitrogen and oxygen atoms in total. The van der Waals surface area contributed by atoms with Crippen LogP contribution < -0.4 is 16.0 Å². The number of thiazole rings is 1. The van der Waals surface area contributed by atoms with Gasteiger partial charge in [-0.3, -0.25) is 9.36 Å². The van der Waals surface area contributed by atoms with Gasteiger partial charge in [-0.25, -0.2) is 18.7 Å². The molecule has 0 saturated carbocycles. The summed E-state index contributed by atoms with van der Waals surface area (Å²) in [5, 5.41) is 0.266. The third kappa shape index (κ3) is 3.67. The van der Waals surface area contributed by atoms with E-state index in [1.54, 1.807) is 6.92 Å². The van der Waals surface area contributed by atoms with Crippen molar-refractivity contribution < 1.29 is 22.3 Å². The number of nitrogens with zero attached hydrogens (tertiary/aromatic N) is 3. The van der Waals surface area contributed by atoms with Crippen LogP contribution in [0.1, 0.15) is 10.6 Å². The number of rotatable bonds is 3. The molecule has 0 atom stereocenters. The Hall–Kier alpha value is -2.66. The average molecular weight is 450 g/mol. The quantitative estimate of drug-likeness (QED) is 0.571. The molecule has 0 saturated heterocycles. The molecule has 0 spiro atoms. The molecule has 0 N–H and O–H groups in total. The van der Waals surface area contributed by atoms with Gasteiger partial charge in [-0.15, -0.1) is 11.3 Å². The van der Waals surface area contributed by atoms with Crippen molar-refractivity contribution in [3.05, 3.63) is 60.4 Å². The molecule has 0 bridgehead atoms. The molecule has 3 aromatic rings. The first-order chi connectivity index (χ1) is 13.5. The molecule has 0 aliphatic rings. The highest BCUT2D eigenvalue weighted by Crippen LogP contribution is 2.37. The summed E-state index contributed by atoms with van der Waals surface area (Å²) in [7, 11) is 2.25. The molecule has 0 unspecified atom stereocenters. The molecule has 0 aliphatic heterocycles. The third-order valence-electron chi connectivity index (χ3n) is 4.07. The first kappa shape index (κ1) is 21.1. The fourth-order valence-electron chi connectivity index (χ4n) is 2.68. The second kappa shape index (κ2) is 7.30. The second-order valence-electron chi connectivity index (χ2n) is 5.91. The Kier molecular flexibility index (Phi) is 5.30. The van der Waals surface area contributed by atoms with Crippen molar-refractivity contribution >= 4 is 22.9 Å². The van der Waals surface area contributed by atoms with Crippen LogP contribution in [0.25, 0.3) is 16.3 Å². The van der Waals surface area contributed by atoms with Gasteiger partial charge in [-0.05, 0) is 19.1 Å².